The first-order valence-electron chi connectivity index (χ1n) is 10.5. The number of hydrogen-bond donors (Lipinski definition) is 2. The van der Waals surface area contributed by atoms with Gasteiger partial charge in [0.25, 0.3) is 0 Å². The topological polar surface area (TPSA) is 48.9 Å². The van der Waals surface area contributed by atoms with Crippen molar-refractivity contribution in [3.8, 4) is 0 Å². The molecule has 2 saturated heterocycles. The fourth-order valence-electron chi connectivity index (χ4n) is 4.20. The highest BCUT2D eigenvalue weighted by molar-refractivity contribution is 14.0. The van der Waals surface area contributed by atoms with Crippen LogP contribution < -0.4 is 10.6 Å². The van der Waals surface area contributed by atoms with Gasteiger partial charge in [-0.15, -0.1) is 24.0 Å². The first kappa shape index (κ1) is 23.4. The van der Waals surface area contributed by atoms with Crippen molar-refractivity contribution >= 4 is 29.9 Å². The minimum absolute atomic E-state index is 0. The number of likely N-dealkylation sites (tertiary alicyclic amines) is 1. The molecule has 0 saturated carbocycles. The Morgan fingerprint density at radius 1 is 1.25 bits per heavy atom. The summed E-state index contributed by atoms with van der Waals surface area (Å²) < 4.78 is 5.86. The number of ether oxygens (including phenoxy) is 1. The van der Waals surface area contributed by atoms with E-state index in [2.05, 4.69) is 58.6 Å². The summed E-state index contributed by atoms with van der Waals surface area (Å²) in [6.45, 7) is 10.5. The summed E-state index contributed by atoms with van der Waals surface area (Å²) in [6.07, 6.45) is 4.93. The number of rotatable bonds is 6. The zero-order chi connectivity index (χ0) is 19.1. The molecule has 2 aliphatic rings. The van der Waals surface area contributed by atoms with Crippen LogP contribution in [0.25, 0.3) is 0 Å². The average molecular weight is 500 g/mol. The molecule has 2 N–H and O–H groups in total. The fraction of sp³-hybridized carbons (Fsp3) is 0.682. The van der Waals surface area contributed by atoms with Gasteiger partial charge in [0.1, 0.15) is 0 Å². The molecule has 6 heteroatoms. The first-order chi connectivity index (χ1) is 13.1. The van der Waals surface area contributed by atoms with E-state index in [0.29, 0.717) is 0 Å². The second-order valence-corrected chi connectivity index (χ2v) is 8.43. The van der Waals surface area contributed by atoms with Gasteiger partial charge in [-0.05, 0) is 56.2 Å². The summed E-state index contributed by atoms with van der Waals surface area (Å²) in [5.74, 6) is 1.65. The SMILES string of the molecule is CN=C(NCc1ccccc1CN1CCCC(C)C1)NCC1(C)CCCO1.I. The van der Waals surface area contributed by atoms with E-state index in [-0.39, 0.29) is 29.6 Å². The van der Waals surface area contributed by atoms with Gasteiger partial charge in [0, 0.05) is 39.8 Å². The van der Waals surface area contributed by atoms with Gasteiger partial charge in [-0.3, -0.25) is 9.89 Å². The van der Waals surface area contributed by atoms with Gasteiger partial charge in [0.15, 0.2) is 5.96 Å². The van der Waals surface area contributed by atoms with E-state index in [4.69, 9.17) is 4.74 Å². The molecular weight excluding hydrogens is 463 g/mol. The lowest BCUT2D eigenvalue weighted by atomic mass is 9.99. The second kappa shape index (κ2) is 11.4. The number of nitrogens with zero attached hydrogens (tertiary/aromatic N) is 2. The van der Waals surface area contributed by atoms with E-state index in [1.54, 1.807) is 0 Å². The molecule has 158 valence electrons. The quantitative estimate of drug-likeness (QED) is 0.355. The Labute approximate surface area is 187 Å². The molecule has 28 heavy (non-hydrogen) atoms. The fourth-order valence-corrected chi connectivity index (χ4v) is 4.20. The molecule has 2 fully saturated rings. The summed E-state index contributed by atoms with van der Waals surface area (Å²) in [5.41, 5.74) is 2.70. The molecule has 0 spiro atoms. The minimum Gasteiger partial charge on any atom is -0.373 e. The molecule has 2 heterocycles. The molecule has 0 radical (unpaired) electrons. The largest absolute Gasteiger partial charge is 0.373 e. The maximum atomic E-state index is 5.86. The summed E-state index contributed by atoms with van der Waals surface area (Å²) in [4.78, 5) is 6.97. The van der Waals surface area contributed by atoms with Crippen LogP contribution in [-0.4, -0.2) is 49.7 Å². The average Bonchev–Trinajstić information content (AvgIpc) is 3.10. The van der Waals surface area contributed by atoms with Gasteiger partial charge in [-0.1, -0.05) is 31.2 Å². The highest BCUT2D eigenvalue weighted by Crippen LogP contribution is 2.24. The van der Waals surface area contributed by atoms with Crippen LogP contribution >= 0.6 is 24.0 Å². The Morgan fingerprint density at radius 3 is 2.71 bits per heavy atom. The van der Waals surface area contributed by atoms with Gasteiger partial charge in [-0.2, -0.15) is 0 Å². The predicted molar refractivity (Wildman–Crippen MR) is 127 cm³/mol. The van der Waals surface area contributed by atoms with Crippen LogP contribution in [0.1, 0.15) is 50.7 Å². The minimum atomic E-state index is -0.0690. The monoisotopic (exact) mass is 500 g/mol. The van der Waals surface area contributed by atoms with Crippen LogP contribution in [0.5, 0.6) is 0 Å². The Kier molecular flexibility index (Phi) is 9.50. The maximum absolute atomic E-state index is 5.86. The van der Waals surface area contributed by atoms with E-state index in [1.165, 1.54) is 37.1 Å². The number of piperidine rings is 1. The van der Waals surface area contributed by atoms with E-state index in [0.717, 1.165) is 51.0 Å². The summed E-state index contributed by atoms with van der Waals surface area (Å²) in [7, 11) is 1.83. The van der Waals surface area contributed by atoms with E-state index >= 15 is 0 Å². The molecule has 0 bridgehead atoms. The third-order valence-corrected chi connectivity index (χ3v) is 5.85. The van der Waals surface area contributed by atoms with Gasteiger partial charge >= 0.3 is 0 Å². The van der Waals surface area contributed by atoms with Crippen molar-refractivity contribution in [2.24, 2.45) is 10.9 Å². The molecule has 3 rings (SSSR count). The van der Waals surface area contributed by atoms with Gasteiger partial charge in [0.2, 0.25) is 0 Å². The standard InChI is InChI=1S/C22H36N4O.HI/c1-18-8-6-12-26(15-18)16-20-10-5-4-9-19(20)14-24-21(23-3)25-17-22(2)11-7-13-27-22;/h4-5,9-10,18H,6-8,11-17H2,1-3H3,(H2,23,24,25);1H. The highest BCUT2D eigenvalue weighted by atomic mass is 127. The van der Waals surface area contributed by atoms with Crippen molar-refractivity contribution in [1.82, 2.24) is 15.5 Å². The summed E-state index contributed by atoms with van der Waals surface area (Å²) in [6, 6.07) is 8.77. The lowest BCUT2D eigenvalue weighted by Gasteiger charge is -2.31. The maximum Gasteiger partial charge on any atom is 0.191 e. The molecular formula is C22H37IN4O. The number of guanidine groups is 1. The zero-order valence-electron chi connectivity index (χ0n) is 17.7. The Hall–Kier alpha value is -0.860. The van der Waals surface area contributed by atoms with Gasteiger partial charge in [-0.25, -0.2) is 0 Å². The van der Waals surface area contributed by atoms with Crippen LogP contribution in [-0.2, 0) is 17.8 Å². The lowest BCUT2D eigenvalue weighted by Crippen LogP contribution is -2.45. The van der Waals surface area contributed by atoms with Crippen molar-refractivity contribution in [3.63, 3.8) is 0 Å². The third kappa shape index (κ3) is 6.88. The molecule has 0 aliphatic carbocycles. The van der Waals surface area contributed by atoms with Gasteiger partial charge in [0.05, 0.1) is 5.60 Å². The van der Waals surface area contributed by atoms with E-state index in [1.807, 2.05) is 7.05 Å². The molecule has 1 aromatic carbocycles. The number of benzene rings is 1. The third-order valence-electron chi connectivity index (χ3n) is 5.85. The van der Waals surface area contributed by atoms with Crippen molar-refractivity contribution < 1.29 is 4.74 Å². The smallest absolute Gasteiger partial charge is 0.191 e. The van der Waals surface area contributed by atoms with Crippen molar-refractivity contribution in [1.29, 1.82) is 0 Å². The highest BCUT2D eigenvalue weighted by Gasteiger charge is 2.29. The zero-order valence-corrected chi connectivity index (χ0v) is 20.0. The Morgan fingerprint density at radius 2 is 2.04 bits per heavy atom. The predicted octanol–water partition coefficient (Wildman–Crippen LogP) is 3.77. The number of halogens is 1. The molecule has 1 aromatic rings. The Balaban J connectivity index is 0.00000280. The molecule has 0 aromatic heterocycles. The van der Waals surface area contributed by atoms with Crippen LogP contribution in [0, 0.1) is 5.92 Å². The number of hydrogen-bond acceptors (Lipinski definition) is 3. The molecule has 0 amide bonds. The second-order valence-electron chi connectivity index (χ2n) is 8.43. The molecule has 2 unspecified atom stereocenters. The van der Waals surface area contributed by atoms with E-state index < -0.39 is 0 Å². The van der Waals surface area contributed by atoms with Crippen LogP contribution in [0.2, 0.25) is 0 Å². The molecule has 5 nitrogen and oxygen atoms in total. The van der Waals surface area contributed by atoms with Crippen molar-refractivity contribution in [2.45, 2.75) is 58.2 Å². The van der Waals surface area contributed by atoms with E-state index in [9.17, 15) is 0 Å². The Bertz CT molecular complexity index is 631. The number of aliphatic imine (C=N–C) groups is 1. The lowest BCUT2D eigenvalue weighted by molar-refractivity contribution is 0.0243. The van der Waals surface area contributed by atoms with Crippen molar-refractivity contribution in [2.75, 3.05) is 33.3 Å². The van der Waals surface area contributed by atoms with Crippen LogP contribution in [0.3, 0.4) is 0 Å². The van der Waals surface area contributed by atoms with Crippen LogP contribution in [0.15, 0.2) is 29.3 Å². The van der Waals surface area contributed by atoms with Gasteiger partial charge < -0.3 is 15.4 Å². The van der Waals surface area contributed by atoms with Crippen molar-refractivity contribution in [3.05, 3.63) is 35.4 Å². The summed E-state index contributed by atoms with van der Waals surface area (Å²) in [5, 5.41) is 6.91. The normalized spacial score (nSPS) is 26.0. The number of nitrogens with one attached hydrogen (secondary N) is 2. The summed E-state index contributed by atoms with van der Waals surface area (Å²) >= 11 is 0. The first-order valence-corrected chi connectivity index (χ1v) is 10.5. The molecule has 2 atom stereocenters. The van der Waals surface area contributed by atoms with Crippen LogP contribution in [0.4, 0.5) is 0 Å². The molecule has 2 aliphatic heterocycles.